The molecule has 0 spiro atoms. The maximum Gasteiger partial charge on any atom is 0.262 e. The van der Waals surface area contributed by atoms with Gasteiger partial charge in [0.05, 0.1) is 0 Å². The molecule has 27 heavy (non-hydrogen) atoms. The average Bonchev–Trinajstić information content (AvgIpc) is 3.20. The number of nitrogens with one attached hydrogen (secondary N) is 2. The number of carbonyl (C=O) groups excluding carboxylic acids is 1. The molecule has 3 aromatic rings. The van der Waals surface area contributed by atoms with Crippen molar-refractivity contribution in [1.82, 2.24) is 20.6 Å². The topological polar surface area (TPSA) is 102 Å². The summed E-state index contributed by atoms with van der Waals surface area (Å²) in [6.07, 6.45) is 0. The summed E-state index contributed by atoms with van der Waals surface area (Å²) in [5, 5.41) is 16.2. The summed E-state index contributed by atoms with van der Waals surface area (Å²) in [6, 6.07) is 14.8. The summed E-state index contributed by atoms with van der Waals surface area (Å²) in [6.45, 7) is 4.42. The van der Waals surface area contributed by atoms with E-state index in [0.29, 0.717) is 28.9 Å². The van der Waals surface area contributed by atoms with E-state index in [4.69, 9.17) is 9.47 Å². The van der Waals surface area contributed by atoms with Gasteiger partial charge in [-0.15, -0.1) is 10.2 Å². The predicted molar refractivity (Wildman–Crippen MR) is 99.6 cm³/mol. The van der Waals surface area contributed by atoms with E-state index in [-0.39, 0.29) is 19.1 Å². The van der Waals surface area contributed by atoms with E-state index in [1.54, 1.807) is 24.3 Å². The zero-order valence-electron chi connectivity index (χ0n) is 15.2. The standard InChI is InChI=1S/C19H21N5O3/c1-13(2)14-3-7-16(8-4-14)27-12-19(25)20-15-5-9-17(10-6-15)26-11-18-21-23-24-22-18/h3-10,13H,11-12H2,1-2H3,(H,20,25)(H,21,22,23,24). The molecule has 1 amide bonds. The number of rotatable bonds is 8. The van der Waals surface area contributed by atoms with Gasteiger partial charge in [0.2, 0.25) is 5.82 Å². The van der Waals surface area contributed by atoms with Crippen LogP contribution in [-0.2, 0) is 11.4 Å². The number of hydrogen-bond acceptors (Lipinski definition) is 6. The Hall–Kier alpha value is -3.42. The average molecular weight is 367 g/mol. The Morgan fingerprint density at radius 1 is 1.04 bits per heavy atom. The van der Waals surface area contributed by atoms with Crippen molar-refractivity contribution < 1.29 is 14.3 Å². The van der Waals surface area contributed by atoms with Crippen LogP contribution >= 0.6 is 0 Å². The van der Waals surface area contributed by atoms with Crippen LogP contribution in [0, 0.1) is 0 Å². The molecule has 1 aromatic heterocycles. The molecule has 0 atom stereocenters. The number of tetrazole rings is 1. The summed E-state index contributed by atoms with van der Waals surface area (Å²) in [5.74, 6) is 2.00. The second-order valence-electron chi connectivity index (χ2n) is 6.20. The molecule has 0 radical (unpaired) electrons. The van der Waals surface area contributed by atoms with Crippen LogP contribution in [0.25, 0.3) is 0 Å². The molecule has 8 heteroatoms. The third-order valence-corrected chi connectivity index (χ3v) is 3.81. The Kier molecular flexibility index (Phi) is 5.98. The molecule has 0 saturated heterocycles. The number of carbonyl (C=O) groups is 1. The van der Waals surface area contributed by atoms with Gasteiger partial charge in [0, 0.05) is 5.69 Å². The Morgan fingerprint density at radius 2 is 1.70 bits per heavy atom. The summed E-state index contributed by atoms with van der Waals surface area (Å²) >= 11 is 0. The van der Waals surface area contributed by atoms with Crippen molar-refractivity contribution in [2.24, 2.45) is 0 Å². The highest BCUT2D eigenvalue weighted by Crippen LogP contribution is 2.19. The van der Waals surface area contributed by atoms with Crippen LogP contribution < -0.4 is 14.8 Å². The molecule has 0 aliphatic carbocycles. The maximum absolute atomic E-state index is 12.0. The van der Waals surface area contributed by atoms with Gasteiger partial charge in [0.1, 0.15) is 11.5 Å². The van der Waals surface area contributed by atoms with Gasteiger partial charge in [0.15, 0.2) is 13.2 Å². The van der Waals surface area contributed by atoms with E-state index in [9.17, 15) is 4.79 Å². The monoisotopic (exact) mass is 367 g/mol. The molecule has 0 unspecified atom stereocenters. The third kappa shape index (κ3) is 5.53. The number of hydrogen-bond donors (Lipinski definition) is 2. The molecule has 0 fully saturated rings. The molecule has 0 bridgehead atoms. The van der Waals surface area contributed by atoms with Crippen LogP contribution in [0.3, 0.4) is 0 Å². The van der Waals surface area contributed by atoms with Crippen LogP contribution in [0.15, 0.2) is 48.5 Å². The Bertz CT molecular complexity index is 846. The predicted octanol–water partition coefficient (Wildman–Crippen LogP) is 2.92. The lowest BCUT2D eigenvalue weighted by Gasteiger charge is -2.10. The van der Waals surface area contributed by atoms with Gasteiger partial charge in [-0.2, -0.15) is 5.21 Å². The molecule has 2 N–H and O–H groups in total. The summed E-state index contributed by atoms with van der Waals surface area (Å²) in [4.78, 5) is 12.0. The van der Waals surface area contributed by atoms with Gasteiger partial charge in [-0.05, 0) is 47.9 Å². The minimum Gasteiger partial charge on any atom is -0.485 e. The normalized spacial score (nSPS) is 10.6. The lowest BCUT2D eigenvalue weighted by molar-refractivity contribution is -0.118. The Labute approximate surface area is 156 Å². The highest BCUT2D eigenvalue weighted by Gasteiger charge is 2.06. The first-order valence-corrected chi connectivity index (χ1v) is 8.58. The maximum atomic E-state index is 12.0. The van der Waals surface area contributed by atoms with Crippen LogP contribution in [0.5, 0.6) is 11.5 Å². The van der Waals surface area contributed by atoms with Crippen molar-refractivity contribution in [3.05, 3.63) is 59.9 Å². The van der Waals surface area contributed by atoms with E-state index in [0.717, 1.165) is 0 Å². The molecule has 8 nitrogen and oxygen atoms in total. The van der Waals surface area contributed by atoms with Crippen molar-refractivity contribution in [1.29, 1.82) is 0 Å². The number of amides is 1. The van der Waals surface area contributed by atoms with Gasteiger partial charge >= 0.3 is 0 Å². The number of aromatic nitrogens is 4. The fourth-order valence-corrected chi connectivity index (χ4v) is 2.32. The number of ether oxygens (including phenoxy) is 2. The van der Waals surface area contributed by atoms with Gasteiger partial charge in [0.25, 0.3) is 5.91 Å². The quantitative estimate of drug-likeness (QED) is 0.635. The highest BCUT2D eigenvalue weighted by molar-refractivity contribution is 5.91. The van der Waals surface area contributed by atoms with Crippen LogP contribution in [0.4, 0.5) is 5.69 Å². The first kappa shape index (κ1) is 18.4. The van der Waals surface area contributed by atoms with Crippen molar-refractivity contribution in [3.63, 3.8) is 0 Å². The number of anilines is 1. The van der Waals surface area contributed by atoms with Gasteiger partial charge in [-0.3, -0.25) is 4.79 Å². The van der Waals surface area contributed by atoms with Crippen LogP contribution in [0.2, 0.25) is 0 Å². The zero-order valence-corrected chi connectivity index (χ0v) is 15.2. The summed E-state index contributed by atoms with van der Waals surface area (Å²) in [7, 11) is 0. The van der Waals surface area contributed by atoms with E-state index < -0.39 is 0 Å². The van der Waals surface area contributed by atoms with Gasteiger partial charge in [-0.1, -0.05) is 31.2 Å². The second kappa shape index (κ2) is 8.79. The first-order valence-electron chi connectivity index (χ1n) is 8.58. The zero-order chi connectivity index (χ0) is 19.1. The van der Waals surface area contributed by atoms with E-state index in [1.165, 1.54) is 5.56 Å². The number of benzene rings is 2. The first-order chi connectivity index (χ1) is 13.1. The van der Waals surface area contributed by atoms with Crippen molar-refractivity contribution in [2.75, 3.05) is 11.9 Å². The molecule has 3 rings (SSSR count). The Morgan fingerprint density at radius 3 is 2.33 bits per heavy atom. The minimum atomic E-state index is -0.233. The van der Waals surface area contributed by atoms with Crippen molar-refractivity contribution in [3.8, 4) is 11.5 Å². The fraction of sp³-hybridized carbons (Fsp3) is 0.263. The number of nitrogens with zero attached hydrogens (tertiary/aromatic N) is 3. The molecule has 140 valence electrons. The largest absolute Gasteiger partial charge is 0.485 e. The molecule has 0 aliphatic rings. The third-order valence-electron chi connectivity index (χ3n) is 3.81. The van der Waals surface area contributed by atoms with Crippen molar-refractivity contribution in [2.45, 2.75) is 26.4 Å². The van der Waals surface area contributed by atoms with Gasteiger partial charge < -0.3 is 14.8 Å². The van der Waals surface area contributed by atoms with Gasteiger partial charge in [-0.25, -0.2) is 0 Å². The summed E-state index contributed by atoms with van der Waals surface area (Å²) < 4.78 is 11.0. The molecule has 0 saturated carbocycles. The molecular formula is C19H21N5O3. The van der Waals surface area contributed by atoms with E-state index in [2.05, 4.69) is 39.8 Å². The molecular weight excluding hydrogens is 346 g/mol. The SMILES string of the molecule is CC(C)c1ccc(OCC(=O)Nc2ccc(OCc3nn[nH]n3)cc2)cc1. The van der Waals surface area contributed by atoms with Crippen LogP contribution in [0.1, 0.15) is 31.2 Å². The van der Waals surface area contributed by atoms with Crippen LogP contribution in [-0.4, -0.2) is 33.1 Å². The van der Waals surface area contributed by atoms with E-state index >= 15 is 0 Å². The Balaban J connectivity index is 1.44. The van der Waals surface area contributed by atoms with Crippen molar-refractivity contribution >= 4 is 11.6 Å². The van der Waals surface area contributed by atoms with E-state index in [1.807, 2.05) is 24.3 Å². The summed E-state index contributed by atoms with van der Waals surface area (Å²) in [5.41, 5.74) is 1.89. The second-order valence-corrected chi connectivity index (χ2v) is 6.20. The minimum absolute atomic E-state index is 0.0584. The lowest BCUT2D eigenvalue weighted by atomic mass is 10.0. The molecule has 1 heterocycles. The highest BCUT2D eigenvalue weighted by atomic mass is 16.5. The number of aromatic amines is 1. The number of H-pyrrole nitrogens is 1. The fourth-order valence-electron chi connectivity index (χ4n) is 2.32. The lowest BCUT2D eigenvalue weighted by Crippen LogP contribution is -2.20. The molecule has 0 aliphatic heterocycles. The molecule has 2 aromatic carbocycles. The smallest absolute Gasteiger partial charge is 0.262 e.